The highest BCUT2D eigenvalue weighted by Gasteiger charge is 2.26. The Bertz CT molecular complexity index is 1420. The summed E-state index contributed by atoms with van der Waals surface area (Å²) in [5.41, 5.74) is 3.20. The van der Waals surface area contributed by atoms with E-state index in [4.69, 9.17) is 4.74 Å². The van der Waals surface area contributed by atoms with Crippen LogP contribution in [0.3, 0.4) is 0 Å². The maximum atomic E-state index is 12.8. The van der Waals surface area contributed by atoms with E-state index in [1.165, 1.54) is 10.9 Å². The summed E-state index contributed by atoms with van der Waals surface area (Å²) in [5.74, 6) is -0.178. The largest absolute Gasteiger partial charge is 0.444 e. The fourth-order valence-electron chi connectivity index (χ4n) is 4.48. The Labute approximate surface area is 226 Å². The minimum atomic E-state index is -0.480. The summed E-state index contributed by atoms with van der Waals surface area (Å²) in [4.78, 5) is 29.3. The molecule has 1 aliphatic rings. The molecule has 3 heterocycles. The van der Waals surface area contributed by atoms with Gasteiger partial charge in [0.2, 0.25) is 0 Å². The van der Waals surface area contributed by atoms with E-state index in [1.54, 1.807) is 33.3 Å². The van der Waals surface area contributed by atoms with Crippen LogP contribution in [-0.4, -0.2) is 63.4 Å². The number of thiophene rings is 1. The van der Waals surface area contributed by atoms with E-state index >= 15 is 0 Å². The first-order valence-electron chi connectivity index (χ1n) is 12.8. The molecule has 0 radical (unpaired) electrons. The molecular formula is C29H33N5O3S. The molecule has 198 valence electrons. The number of anilines is 1. The standard InChI is InChI=1S/C29H33N5O3S/c1-29(2,3)37-28(36)33-13-11-32(12-14-33)18-23-20-38-26-15-24(9-10-25(23)26)31-27(35)22-16-30-34(19-22)17-21-7-5-4-6-8-21/h4-10,15-16,19-20H,11-14,17-18H2,1-3H3,(H,31,35). The number of nitrogens with zero attached hydrogens (tertiary/aromatic N) is 4. The van der Waals surface area contributed by atoms with Gasteiger partial charge in [0.05, 0.1) is 18.3 Å². The van der Waals surface area contributed by atoms with Crippen LogP contribution in [0.5, 0.6) is 0 Å². The number of rotatable bonds is 6. The molecule has 5 rings (SSSR count). The van der Waals surface area contributed by atoms with Crippen LogP contribution in [0.25, 0.3) is 10.1 Å². The van der Waals surface area contributed by atoms with Gasteiger partial charge in [-0.05, 0) is 54.8 Å². The summed E-state index contributed by atoms with van der Waals surface area (Å²) < 4.78 is 8.40. The molecule has 8 nitrogen and oxygen atoms in total. The average Bonchev–Trinajstić information content (AvgIpc) is 3.51. The molecule has 38 heavy (non-hydrogen) atoms. The van der Waals surface area contributed by atoms with E-state index in [1.807, 2.05) is 63.2 Å². The predicted molar refractivity (Wildman–Crippen MR) is 151 cm³/mol. The monoisotopic (exact) mass is 531 g/mol. The number of benzene rings is 2. The Balaban J connectivity index is 1.17. The second-order valence-corrected chi connectivity index (χ2v) is 11.5. The SMILES string of the molecule is CC(C)(C)OC(=O)N1CCN(Cc2csc3cc(NC(=O)c4cnn(Cc5ccccc5)c4)ccc23)CC1. The molecule has 1 fully saturated rings. The van der Waals surface area contributed by atoms with E-state index in [9.17, 15) is 9.59 Å². The Morgan fingerprint density at radius 3 is 2.53 bits per heavy atom. The van der Waals surface area contributed by atoms with Crippen LogP contribution in [-0.2, 0) is 17.8 Å². The van der Waals surface area contributed by atoms with Gasteiger partial charge in [0, 0.05) is 49.3 Å². The van der Waals surface area contributed by atoms with Gasteiger partial charge in [0.25, 0.3) is 5.91 Å². The number of hydrogen-bond donors (Lipinski definition) is 1. The van der Waals surface area contributed by atoms with Crippen LogP contribution >= 0.6 is 11.3 Å². The Hall–Kier alpha value is -3.69. The third kappa shape index (κ3) is 6.41. The Morgan fingerprint density at radius 2 is 1.79 bits per heavy atom. The van der Waals surface area contributed by atoms with Gasteiger partial charge in [-0.3, -0.25) is 14.4 Å². The van der Waals surface area contributed by atoms with Crippen molar-refractivity contribution in [3.8, 4) is 0 Å². The number of piperazine rings is 1. The lowest BCUT2D eigenvalue weighted by Crippen LogP contribution is -2.49. The number of nitrogens with one attached hydrogen (secondary N) is 1. The maximum absolute atomic E-state index is 12.8. The zero-order valence-corrected chi connectivity index (χ0v) is 22.8. The first-order chi connectivity index (χ1) is 18.2. The highest BCUT2D eigenvalue weighted by atomic mass is 32.1. The molecular weight excluding hydrogens is 498 g/mol. The Kier molecular flexibility index (Phi) is 7.49. The topological polar surface area (TPSA) is 79.7 Å². The Morgan fingerprint density at radius 1 is 1.03 bits per heavy atom. The number of carbonyl (C=O) groups is 2. The van der Waals surface area contributed by atoms with Crippen molar-refractivity contribution in [2.45, 2.75) is 39.5 Å². The van der Waals surface area contributed by atoms with Crippen LogP contribution in [0, 0.1) is 0 Å². The zero-order valence-electron chi connectivity index (χ0n) is 22.0. The summed E-state index contributed by atoms with van der Waals surface area (Å²) >= 11 is 1.68. The van der Waals surface area contributed by atoms with Crippen molar-refractivity contribution in [2.75, 3.05) is 31.5 Å². The second kappa shape index (κ2) is 11.0. The molecule has 0 spiro atoms. The van der Waals surface area contributed by atoms with Crippen molar-refractivity contribution in [2.24, 2.45) is 0 Å². The first-order valence-corrected chi connectivity index (χ1v) is 13.7. The van der Waals surface area contributed by atoms with Crippen LogP contribution in [0.15, 0.2) is 66.3 Å². The average molecular weight is 532 g/mol. The fourth-order valence-corrected chi connectivity index (χ4v) is 5.47. The molecule has 0 saturated carbocycles. The van der Waals surface area contributed by atoms with Crippen molar-refractivity contribution in [3.05, 3.63) is 83.0 Å². The number of carbonyl (C=O) groups excluding carboxylic acids is 2. The first kappa shape index (κ1) is 25.9. The van der Waals surface area contributed by atoms with Gasteiger partial charge in [-0.15, -0.1) is 11.3 Å². The highest BCUT2D eigenvalue weighted by molar-refractivity contribution is 7.17. The van der Waals surface area contributed by atoms with E-state index < -0.39 is 5.60 Å². The van der Waals surface area contributed by atoms with Crippen LogP contribution in [0.1, 0.15) is 42.3 Å². The molecule has 1 saturated heterocycles. The van der Waals surface area contributed by atoms with Gasteiger partial charge >= 0.3 is 6.09 Å². The van der Waals surface area contributed by atoms with Gasteiger partial charge in [0.15, 0.2) is 0 Å². The maximum Gasteiger partial charge on any atom is 0.410 e. The van der Waals surface area contributed by atoms with Crippen molar-refractivity contribution < 1.29 is 14.3 Å². The van der Waals surface area contributed by atoms with E-state index in [0.29, 0.717) is 25.2 Å². The van der Waals surface area contributed by atoms with Gasteiger partial charge in [-0.1, -0.05) is 36.4 Å². The number of fused-ring (bicyclic) bond motifs is 1. The normalized spacial score (nSPS) is 14.6. The number of hydrogen-bond acceptors (Lipinski definition) is 6. The van der Waals surface area contributed by atoms with Crippen molar-refractivity contribution in [1.82, 2.24) is 19.6 Å². The molecule has 9 heteroatoms. The summed E-state index contributed by atoms with van der Waals surface area (Å²) in [5, 5.41) is 10.7. The highest BCUT2D eigenvalue weighted by Crippen LogP contribution is 2.30. The van der Waals surface area contributed by atoms with Gasteiger partial charge in [0.1, 0.15) is 5.60 Å². The fraction of sp³-hybridized carbons (Fsp3) is 0.345. The number of amides is 2. The number of aromatic nitrogens is 2. The van der Waals surface area contributed by atoms with Gasteiger partial charge in [-0.2, -0.15) is 5.10 Å². The van der Waals surface area contributed by atoms with Crippen LogP contribution in [0.4, 0.5) is 10.5 Å². The molecule has 4 aromatic rings. The zero-order chi connectivity index (χ0) is 26.7. The van der Waals surface area contributed by atoms with Crippen LogP contribution in [0.2, 0.25) is 0 Å². The van der Waals surface area contributed by atoms with E-state index in [0.717, 1.165) is 35.6 Å². The van der Waals surface area contributed by atoms with Gasteiger partial charge < -0.3 is 15.0 Å². The molecule has 1 aliphatic heterocycles. The minimum absolute atomic E-state index is 0.178. The summed E-state index contributed by atoms with van der Waals surface area (Å²) in [6.07, 6.45) is 3.13. The summed E-state index contributed by atoms with van der Waals surface area (Å²) in [6, 6.07) is 16.1. The molecule has 2 amide bonds. The number of ether oxygens (including phenoxy) is 1. The minimum Gasteiger partial charge on any atom is -0.444 e. The predicted octanol–water partition coefficient (Wildman–Crippen LogP) is 5.45. The molecule has 0 bridgehead atoms. The molecule has 2 aromatic heterocycles. The van der Waals surface area contributed by atoms with Crippen molar-refractivity contribution in [1.29, 1.82) is 0 Å². The smallest absolute Gasteiger partial charge is 0.410 e. The molecule has 0 atom stereocenters. The molecule has 0 aliphatic carbocycles. The molecule has 2 aromatic carbocycles. The van der Waals surface area contributed by atoms with E-state index in [2.05, 4.69) is 26.8 Å². The van der Waals surface area contributed by atoms with Crippen LogP contribution < -0.4 is 5.32 Å². The second-order valence-electron chi connectivity index (χ2n) is 10.6. The summed E-state index contributed by atoms with van der Waals surface area (Å²) in [6.45, 7) is 10.1. The van der Waals surface area contributed by atoms with E-state index in [-0.39, 0.29) is 12.0 Å². The lowest BCUT2D eigenvalue weighted by Gasteiger charge is -2.35. The van der Waals surface area contributed by atoms with Gasteiger partial charge in [-0.25, -0.2) is 4.79 Å². The summed E-state index contributed by atoms with van der Waals surface area (Å²) in [7, 11) is 0. The quantitative estimate of drug-likeness (QED) is 0.358. The third-order valence-electron chi connectivity index (χ3n) is 6.41. The van der Waals surface area contributed by atoms with Crippen molar-refractivity contribution in [3.63, 3.8) is 0 Å². The third-order valence-corrected chi connectivity index (χ3v) is 7.41. The molecule has 0 unspecified atom stereocenters. The lowest BCUT2D eigenvalue weighted by molar-refractivity contribution is 0.0139. The lowest BCUT2D eigenvalue weighted by atomic mass is 10.1. The molecule has 1 N–H and O–H groups in total. The van der Waals surface area contributed by atoms with Crippen molar-refractivity contribution >= 4 is 39.1 Å².